The van der Waals surface area contributed by atoms with Gasteiger partial charge in [-0.2, -0.15) is 0 Å². The van der Waals surface area contributed by atoms with E-state index < -0.39 is 41.2 Å². The van der Waals surface area contributed by atoms with Gasteiger partial charge < -0.3 is 20.3 Å². The number of halogens is 3. The summed E-state index contributed by atoms with van der Waals surface area (Å²) in [6, 6.07) is 13.2. The average Bonchev–Trinajstić information content (AvgIpc) is 2.92. The summed E-state index contributed by atoms with van der Waals surface area (Å²) in [7, 11) is 2.67. The van der Waals surface area contributed by atoms with Gasteiger partial charge in [0.1, 0.15) is 5.82 Å². The molecular formula is C24H19F3N4O3. The fraction of sp³-hybridized carbons (Fsp3) is 0.125. The Balaban J connectivity index is 1.70. The molecule has 34 heavy (non-hydrogen) atoms. The maximum atomic E-state index is 14.6. The molecule has 174 valence electrons. The van der Waals surface area contributed by atoms with Crippen molar-refractivity contribution in [3.05, 3.63) is 89.2 Å². The smallest absolute Gasteiger partial charge is 0.321 e. The van der Waals surface area contributed by atoms with Crippen LogP contribution in [0.25, 0.3) is 0 Å². The number of hydrogen-bond acceptors (Lipinski definition) is 4. The molecule has 0 fully saturated rings. The normalized spacial score (nSPS) is 15.2. The van der Waals surface area contributed by atoms with Gasteiger partial charge in [-0.25, -0.2) is 23.0 Å². The molecule has 0 saturated heterocycles. The molecule has 0 spiro atoms. The number of likely N-dealkylation sites (N-methyl/N-ethyl adjacent to an activating group) is 1. The quantitative estimate of drug-likeness (QED) is 0.606. The number of nitrogens with one attached hydrogen (secondary N) is 2. The highest BCUT2D eigenvalue weighted by molar-refractivity contribution is 6.20. The maximum absolute atomic E-state index is 14.6. The van der Waals surface area contributed by atoms with Gasteiger partial charge in [0.25, 0.3) is 5.91 Å². The number of methoxy groups -OCH3 is 1. The van der Waals surface area contributed by atoms with Crippen LogP contribution >= 0.6 is 0 Å². The molecule has 0 saturated carbocycles. The van der Waals surface area contributed by atoms with E-state index in [9.17, 15) is 22.8 Å². The monoisotopic (exact) mass is 468 g/mol. The minimum Gasteiger partial charge on any atom is -0.494 e. The van der Waals surface area contributed by atoms with Crippen molar-refractivity contribution < 1.29 is 27.5 Å². The maximum Gasteiger partial charge on any atom is 0.321 e. The average molecular weight is 468 g/mol. The summed E-state index contributed by atoms with van der Waals surface area (Å²) in [4.78, 5) is 31.3. The number of fused-ring (bicyclic) bond motifs is 1. The van der Waals surface area contributed by atoms with Gasteiger partial charge in [-0.15, -0.1) is 0 Å². The molecule has 0 aromatic heterocycles. The molecule has 3 aromatic carbocycles. The lowest BCUT2D eigenvalue weighted by atomic mass is 10.00. The molecule has 1 aliphatic heterocycles. The Morgan fingerprint density at radius 1 is 0.971 bits per heavy atom. The molecule has 0 radical (unpaired) electrons. The van der Waals surface area contributed by atoms with Crippen molar-refractivity contribution in [1.29, 1.82) is 0 Å². The van der Waals surface area contributed by atoms with Crippen LogP contribution in [0.15, 0.2) is 65.7 Å². The highest BCUT2D eigenvalue weighted by atomic mass is 19.1. The third-order valence-electron chi connectivity index (χ3n) is 5.23. The van der Waals surface area contributed by atoms with Gasteiger partial charge in [0.15, 0.2) is 17.4 Å². The van der Waals surface area contributed by atoms with Crippen LogP contribution in [-0.4, -0.2) is 38.0 Å². The van der Waals surface area contributed by atoms with E-state index in [-0.39, 0.29) is 17.0 Å². The van der Waals surface area contributed by atoms with Crippen molar-refractivity contribution >= 4 is 29.0 Å². The zero-order valence-electron chi connectivity index (χ0n) is 18.1. The number of ether oxygens (including phenoxy) is 1. The van der Waals surface area contributed by atoms with E-state index in [0.717, 1.165) is 12.1 Å². The Bertz CT molecular complexity index is 1310. The van der Waals surface area contributed by atoms with Crippen LogP contribution in [0.2, 0.25) is 0 Å². The van der Waals surface area contributed by atoms with E-state index in [1.807, 2.05) is 0 Å². The van der Waals surface area contributed by atoms with Crippen molar-refractivity contribution in [2.75, 3.05) is 24.4 Å². The van der Waals surface area contributed by atoms with Gasteiger partial charge >= 0.3 is 6.03 Å². The van der Waals surface area contributed by atoms with E-state index >= 15 is 0 Å². The molecule has 10 heteroatoms. The van der Waals surface area contributed by atoms with Gasteiger partial charge in [-0.05, 0) is 18.2 Å². The van der Waals surface area contributed by atoms with Crippen LogP contribution < -0.4 is 20.3 Å². The van der Waals surface area contributed by atoms with Crippen LogP contribution in [0.4, 0.5) is 29.3 Å². The van der Waals surface area contributed by atoms with Gasteiger partial charge in [0.2, 0.25) is 6.17 Å². The predicted molar refractivity (Wildman–Crippen MR) is 121 cm³/mol. The largest absolute Gasteiger partial charge is 0.494 e. The molecule has 1 unspecified atom stereocenters. The number of benzene rings is 3. The Hall–Kier alpha value is -4.34. The van der Waals surface area contributed by atoms with Crippen LogP contribution in [0.3, 0.4) is 0 Å². The summed E-state index contributed by atoms with van der Waals surface area (Å²) in [5.41, 5.74) is 0.762. The van der Waals surface area contributed by atoms with Gasteiger partial charge in [-0.1, -0.05) is 30.3 Å². The summed E-state index contributed by atoms with van der Waals surface area (Å²) >= 11 is 0. The molecule has 1 atom stereocenters. The van der Waals surface area contributed by atoms with Crippen molar-refractivity contribution in [1.82, 2.24) is 5.32 Å². The SMILES string of the molecule is COc1cc(F)c(NC(=O)NC2N=C(c3ccccc3F)c3ccccc3N(C)C2=O)cc1F. The lowest BCUT2D eigenvalue weighted by molar-refractivity contribution is -0.119. The Morgan fingerprint density at radius 2 is 1.65 bits per heavy atom. The highest BCUT2D eigenvalue weighted by Gasteiger charge is 2.31. The van der Waals surface area contributed by atoms with Gasteiger partial charge in [0, 0.05) is 30.3 Å². The molecule has 3 amide bonds. The summed E-state index contributed by atoms with van der Waals surface area (Å²) in [5.74, 6) is -3.34. The number of nitrogens with zero attached hydrogens (tertiary/aromatic N) is 2. The van der Waals surface area contributed by atoms with E-state index in [0.29, 0.717) is 11.3 Å². The van der Waals surface area contributed by atoms with E-state index in [1.54, 1.807) is 30.3 Å². The number of urea groups is 1. The molecule has 0 bridgehead atoms. The number of carbonyl (C=O) groups excluding carboxylic acids is 2. The minimum absolute atomic E-state index is 0.133. The van der Waals surface area contributed by atoms with Crippen LogP contribution in [-0.2, 0) is 4.79 Å². The van der Waals surface area contributed by atoms with Crippen molar-refractivity contribution in [3.63, 3.8) is 0 Å². The summed E-state index contributed by atoms with van der Waals surface area (Å²) in [5, 5.41) is 4.50. The van der Waals surface area contributed by atoms with Gasteiger partial charge in [0.05, 0.1) is 24.2 Å². The number of aliphatic imine (C=N–C) groups is 1. The predicted octanol–water partition coefficient (Wildman–Crippen LogP) is 4.07. The Labute approximate surface area is 192 Å². The number of para-hydroxylation sites is 1. The van der Waals surface area contributed by atoms with E-state index in [2.05, 4.69) is 15.6 Å². The number of benzodiazepines with no additional fused rings is 1. The molecule has 4 rings (SSSR count). The fourth-order valence-electron chi connectivity index (χ4n) is 3.55. The number of rotatable bonds is 4. The second-order valence-corrected chi connectivity index (χ2v) is 7.34. The lowest BCUT2D eigenvalue weighted by Gasteiger charge is -2.21. The van der Waals surface area contributed by atoms with Crippen LogP contribution in [0.1, 0.15) is 11.1 Å². The topological polar surface area (TPSA) is 83.0 Å². The second-order valence-electron chi connectivity index (χ2n) is 7.34. The molecular weight excluding hydrogens is 449 g/mol. The van der Waals surface area contributed by atoms with Crippen LogP contribution in [0.5, 0.6) is 5.75 Å². The molecule has 2 N–H and O–H groups in total. The number of carbonyl (C=O) groups is 2. The number of anilines is 2. The highest BCUT2D eigenvalue weighted by Crippen LogP contribution is 2.28. The third-order valence-corrected chi connectivity index (χ3v) is 5.23. The van der Waals surface area contributed by atoms with Crippen molar-refractivity contribution in [3.8, 4) is 5.75 Å². The standard InChI is InChI=1S/C24H19F3N4O3/c1-31-19-10-6-4-8-14(19)21(13-7-3-5-9-15(13)25)29-22(23(31)32)30-24(33)28-18-11-17(27)20(34-2)12-16(18)26/h3-12,22H,1-2H3,(H2,28,30,33). The zero-order valence-corrected chi connectivity index (χ0v) is 18.1. The minimum atomic E-state index is -1.47. The first-order valence-corrected chi connectivity index (χ1v) is 10.1. The molecule has 0 aliphatic carbocycles. The van der Waals surface area contributed by atoms with Crippen molar-refractivity contribution in [2.24, 2.45) is 4.99 Å². The van der Waals surface area contributed by atoms with E-state index in [4.69, 9.17) is 4.74 Å². The second kappa shape index (κ2) is 9.26. The number of amides is 3. The third kappa shape index (κ3) is 4.29. The Morgan fingerprint density at radius 3 is 2.35 bits per heavy atom. The first-order valence-electron chi connectivity index (χ1n) is 10.1. The molecule has 1 aliphatic rings. The summed E-state index contributed by atoms with van der Waals surface area (Å²) in [6.45, 7) is 0. The summed E-state index contributed by atoms with van der Waals surface area (Å²) in [6.07, 6.45) is -1.47. The number of hydrogen-bond donors (Lipinski definition) is 2. The fourth-order valence-corrected chi connectivity index (χ4v) is 3.55. The van der Waals surface area contributed by atoms with Gasteiger partial charge in [-0.3, -0.25) is 4.79 Å². The first kappa shape index (κ1) is 22.8. The Kier molecular flexibility index (Phi) is 6.22. The van der Waals surface area contributed by atoms with Crippen LogP contribution in [0, 0.1) is 17.5 Å². The first-order chi connectivity index (χ1) is 16.3. The molecule has 3 aromatic rings. The molecule has 7 nitrogen and oxygen atoms in total. The lowest BCUT2D eigenvalue weighted by Crippen LogP contribution is -2.47. The summed E-state index contributed by atoms with van der Waals surface area (Å²) < 4.78 is 47.5. The molecule has 1 heterocycles. The zero-order chi connectivity index (χ0) is 24.4. The van der Waals surface area contributed by atoms with Crippen molar-refractivity contribution in [2.45, 2.75) is 6.17 Å². The van der Waals surface area contributed by atoms with E-state index in [1.165, 1.54) is 37.3 Å².